The number of rotatable bonds is 10. The maximum absolute atomic E-state index is 4.52. The average Bonchev–Trinajstić information content (AvgIpc) is 2.69. The fourth-order valence-corrected chi connectivity index (χ4v) is 2.22. The summed E-state index contributed by atoms with van der Waals surface area (Å²) in [5.41, 5.74) is 2.45. The summed E-state index contributed by atoms with van der Waals surface area (Å²) in [5, 5.41) is 8.05. The van der Waals surface area contributed by atoms with Gasteiger partial charge in [0.15, 0.2) is 0 Å². The number of aryl methyl sites for hydroxylation is 2. The van der Waals surface area contributed by atoms with E-state index in [1.165, 1.54) is 37.8 Å². The highest BCUT2D eigenvalue weighted by molar-refractivity contribution is 5.08. The van der Waals surface area contributed by atoms with Crippen LogP contribution >= 0.6 is 0 Å². The molecule has 1 N–H and O–H groups in total. The monoisotopic (exact) mass is 251 g/mol. The fraction of sp³-hybridized carbons (Fsp3) is 0.800. The Kier molecular flexibility index (Phi) is 7.74. The zero-order valence-electron chi connectivity index (χ0n) is 12.3. The van der Waals surface area contributed by atoms with Gasteiger partial charge in [-0.2, -0.15) is 5.10 Å². The van der Waals surface area contributed by atoms with Crippen molar-refractivity contribution < 1.29 is 0 Å². The Morgan fingerprint density at radius 3 is 2.61 bits per heavy atom. The van der Waals surface area contributed by atoms with Gasteiger partial charge in [0.05, 0.1) is 11.4 Å². The largest absolute Gasteiger partial charge is 0.311 e. The highest BCUT2D eigenvalue weighted by Crippen LogP contribution is 2.05. The van der Waals surface area contributed by atoms with E-state index in [1.807, 2.05) is 0 Å². The van der Waals surface area contributed by atoms with Crippen LogP contribution in [0.1, 0.15) is 63.8 Å². The maximum atomic E-state index is 4.52. The van der Waals surface area contributed by atoms with Crippen molar-refractivity contribution in [3.8, 4) is 0 Å². The van der Waals surface area contributed by atoms with Crippen molar-refractivity contribution >= 4 is 0 Å². The quantitative estimate of drug-likeness (QED) is 0.643. The van der Waals surface area contributed by atoms with Crippen LogP contribution < -0.4 is 5.32 Å². The molecule has 3 nitrogen and oxygen atoms in total. The first-order valence-electron chi connectivity index (χ1n) is 7.52. The van der Waals surface area contributed by atoms with Crippen LogP contribution in [0, 0.1) is 6.92 Å². The standard InChI is InChI=1S/C15H29N3/c1-4-6-7-8-9-10-16-13-15-12-14(3)17-18(15)11-5-2/h12,16H,4-11,13H2,1-3H3. The van der Waals surface area contributed by atoms with Gasteiger partial charge in [-0.1, -0.05) is 39.5 Å². The Morgan fingerprint density at radius 2 is 1.89 bits per heavy atom. The van der Waals surface area contributed by atoms with Gasteiger partial charge in [0, 0.05) is 13.1 Å². The van der Waals surface area contributed by atoms with Crippen molar-refractivity contribution in [3.63, 3.8) is 0 Å². The topological polar surface area (TPSA) is 29.9 Å². The Labute approximate surface area is 112 Å². The van der Waals surface area contributed by atoms with Crippen LogP contribution in [0.2, 0.25) is 0 Å². The lowest BCUT2D eigenvalue weighted by atomic mass is 10.1. The van der Waals surface area contributed by atoms with Gasteiger partial charge in [0.1, 0.15) is 0 Å². The average molecular weight is 251 g/mol. The summed E-state index contributed by atoms with van der Waals surface area (Å²) in [5.74, 6) is 0. The molecule has 3 heteroatoms. The Bertz CT molecular complexity index is 318. The predicted molar refractivity (Wildman–Crippen MR) is 77.7 cm³/mol. The minimum atomic E-state index is 0.953. The first-order chi connectivity index (χ1) is 8.77. The van der Waals surface area contributed by atoms with Crippen LogP contribution in [0.15, 0.2) is 6.07 Å². The molecule has 1 rings (SSSR count). The minimum absolute atomic E-state index is 0.953. The molecular formula is C15H29N3. The number of aromatic nitrogens is 2. The van der Waals surface area contributed by atoms with Crippen molar-refractivity contribution in [1.82, 2.24) is 15.1 Å². The molecule has 0 unspecified atom stereocenters. The predicted octanol–water partition coefficient (Wildman–Crippen LogP) is 3.66. The molecule has 0 bridgehead atoms. The first-order valence-corrected chi connectivity index (χ1v) is 7.52. The molecule has 0 atom stereocenters. The second kappa shape index (κ2) is 9.15. The van der Waals surface area contributed by atoms with E-state index in [4.69, 9.17) is 0 Å². The van der Waals surface area contributed by atoms with Crippen molar-refractivity contribution in [2.24, 2.45) is 0 Å². The van der Waals surface area contributed by atoms with Crippen molar-refractivity contribution in [3.05, 3.63) is 17.5 Å². The molecule has 0 radical (unpaired) electrons. The first kappa shape index (κ1) is 15.2. The second-order valence-corrected chi connectivity index (χ2v) is 5.09. The molecule has 0 saturated carbocycles. The van der Waals surface area contributed by atoms with Gasteiger partial charge < -0.3 is 5.32 Å². The lowest BCUT2D eigenvalue weighted by Crippen LogP contribution is -2.18. The molecule has 104 valence electrons. The smallest absolute Gasteiger partial charge is 0.0597 e. The Morgan fingerprint density at radius 1 is 1.11 bits per heavy atom. The van der Waals surface area contributed by atoms with Crippen LogP contribution in [0.25, 0.3) is 0 Å². The zero-order valence-corrected chi connectivity index (χ0v) is 12.3. The van der Waals surface area contributed by atoms with E-state index < -0.39 is 0 Å². The molecule has 0 spiro atoms. The molecule has 1 aromatic heterocycles. The third-order valence-electron chi connectivity index (χ3n) is 3.18. The van der Waals surface area contributed by atoms with Crippen LogP contribution in [0.5, 0.6) is 0 Å². The number of hydrogen-bond acceptors (Lipinski definition) is 2. The number of hydrogen-bond donors (Lipinski definition) is 1. The molecule has 0 fully saturated rings. The van der Waals surface area contributed by atoms with E-state index in [-0.39, 0.29) is 0 Å². The van der Waals surface area contributed by atoms with E-state index >= 15 is 0 Å². The molecule has 1 heterocycles. The lowest BCUT2D eigenvalue weighted by Gasteiger charge is -2.07. The molecule has 1 aromatic rings. The minimum Gasteiger partial charge on any atom is -0.311 e. The van der Waals surface area contributed by atoms with Crippen LogP contribution in [-0.2, 0) is 13.1 Å². The summed E-state index contributed by atoms with van der Waals surface area (Å²) in [6.45, 7) is 9.63. The number of nitrogens with zero attached hydrogens (tertiary/aromatic N) is 2. The van der Waals surface area contributed by atoms with Crippen molar-refractivity contribution in [2.75, 3.05) is 6.54 Å². The van der Waals surface area contributed by atoms with Gasteiger partial charge in [-0.15, -0.1) is 0 Å². The molecule has 0 aromatic carbocycles. The van der Waals surface area contributed by atoms with Gasteiger partial charge in [0.2, 0.25) is 0 Å². The summed E-state index contributed by atoms with van der Waals surface area (Å²) in [4.78, 5) is 0. The Balaban J connectivity index is 2.18. The highest BCUT2D eigenvalue weighted by Gasteiger charge is 2.03. The highest BCUT2D eigenvalue weighted by atomic mass is 15.3. The van der Waals surface area contributed by atoms with Gasteiger partial charge in [0.25, 0.3) is 0 Å². The normalized spacial score (nSPS) is 11.1. The zero-order chi connectivity index (χ0) is 13.2. The third-order valence-corrected chi connectivity index (χ3v) is 3.18. The summed E-state index contributed by atoms with van der Waals surface area (Å²) >= 11 is 0. The van der Waals surface area contributed by atoms with E-state index in [1.54, 1.807) is 0 Å². The molecule has 0 aliphatic rings. The van der Waals surface area contributed by atoms with Gasteiger partial charge >= 0.3 is 0 Å². The summed E-state index contributed by atoms with van der Waals surface area (Å²) in [6, 6.07) is 2.19. The maximum Gasteiger partial charge on any atom is 0.0597 e. The Hall–Kier alpha value is -0.830. The van der Waals surface area contributed by atoms with Crippen molar-refractivity contribution in [1.29, 1.82) is 0 Å². The van der Waals surface area contributed by atoms with E-state index in [0.29, 0.717) is 0 Å². The van der Waals surface area contributed by atoms with E-state index in [9.17, 15) is 0 Å². The SMILES string of the molecule is CCCCCCCNCc1cc(C)nn1CCC. The molecule has 0 aliphatic heterocycles. The number of unbranched alkanes of at least 4 members (excludes halogenated alkanes) is 4. The lowest BCUT2D eigenvalue weighted by molar-refractivity contribution is 0.533. The van der Waals surface area contributed by atoms with Crippen LogP contribution in [0.4, 0.5) is 0 Å². The van der Waals surface area contributed by atoms with Gasteiger partial charge in [-0.3, -0.25) is 4.68 Å². The molecular weight excluding hydrogens is 222 g/mol. The van der Waals surface area contributed by atoms with Gasteiger partial charge in [-0.25, -0.2) is 0 Å². The number of nitrogens with one attached hydrogen (secondary N) is 1. The molecule has 0 saturated heterocycles. The van der Waals surface area contributed by atoms with Crippen LogP contribution in [0.3, 0.4) is 0 Å². The van der Waals surface area contributed by atoms with Gasteiger partial charge in [-0.05, 0) is 32.4 Å². The fourth-order valence-electron chi connectivity index (χ4n) is 2.22. The summed E-state index contributed by atoms with van der Waals surface area (Å²) in [7, 11) is 0. The molecule has 18 heavy (non-hydrogen) atoms. The van der Waals surface area contributed by atoms with E-state index in [0.717, 1.165) is 31.7 Å². The summed E-state index contributed by atoms with van der Waals surface area (Å²) < 4.78 is 2.14. The van der Waals surface area contributed by atoms with E-state index in [2.05, 4.69) is 41.9 Å². The molecule has 0 aliphatic carbocycles. The van der Waals surface area contributed by atoms with Crippen LogP contribution in [-0.4, -0.2) is 16.3 Å². The molecule has 0 amide bonds. The summed E-state index contributed by atoms with van der Waals surface area (Å²) in [6.07, 6.45) is 7.87. The second-order valence-electron chi connectivity index (χ2n) is 5.09. The van der Waals surface area contributed by atoms with Crippen molar-refractivity contribution in [2.45, 2.75) is 72.4 Å². The third kappa shape index (κ3) is 5.67.